The minimum absolute atomic E-state index is 0.151. The van der Waals surface area contributed by atoms with Crippen LogP contribution in [0.15, 0.2) is 46.6 Å². The number of halogens is 6. The van der Waals surface area contributed by atoms with Gasteiger partial charge in [0.2, 0.25) is 0 Å². The van der Waals surface area contributed by atoms with Crippen LogP contribution in [0.3, 0.4) is 0 Å². The molecule has 0 atom stereocenters. The van der Waals surface area contributed by atoms with Gasteiger partial charge in [-0.15, -0.1) is 0 Å². The van der Waals surface area contributed by atoms with Gasteiger partial charge in [-0.1, -0.05) is 18.2 Å². The summed E-state index contributed by atoms with van der Waals surface area (Å²) in [5.74, 6) is -3.57. The van der Waals surface area contributed by atoms with E-state index in [0.717, 1.165) is 0 Å². The number of anilines is 1. The lowest BCUT2D eigenvalue weighted by molar-refractivity contribution is -0.165. The number of nitrogens with zero attached hydrogens (tertiary/aromatic N) is 2. The number of nitrogens with one attached hydrogen (secondary N) is 1. The van der Waals surface area contributed by atoms with Crippen molar-refractivity contribution in [3.63, 3.8) is 0 Å². The monoisotopic (exact) mass is 351 g/mol. The number of allylic oxidation sites excluding steroid dienone is 2. The standard InChI is InChI=1S/C13H7F6N3O2/c14-12(15,16)8(6-9(23)13(17,18)19)20-11-21-10(24-22-11)7-4-2-1-3-5-7/h1-6H,(H,20,22)/b8-6+. The number of hydrogen-bond donors (Lipinski definition) is 1. The second kappa shape index (κ2) is 6.34. The SMILES string of the molecule is O=C(/C=C(/Nc1noc(-c2ccccc2)n1)C(F)(F)F)C(F)(F)F. The number of rotatable bonds is 4. The second-order valence-electron chi connectivity index (χ2n) is 4.33. The van der Waals surface area contributed by atoms with Crippen LogP contribution in [-0.2, 0) is 4.79 Å². The molecule has 0 saturated carbocycles. The minimum Gasteiger partial charge on any atom is -0.332 e. The largest absolute Gasteiger partial charge is 0.454 e. The predicted octanol–water partition coefficient (Wildman–Crippen LogP) is 3.73. The van der Waals surface area contributed by atoms with E-state index in [0.29, 0.717) is 5.56 Å². The molecule has 0 aliphatic heterocycles. The van der Waals surface area contributed by atoms with Crippen LogP contribution >= 0.6 is 0 Å². The Morgan fingerprint density at radius 2 is 1.67 bits per heavy atom. The lowest BCUT2D eigenvalue weighted by Gasteiger charge is -2.11. The molecular formula is C13H7F6N3O2. The molecule has 1 N–H and O–H groups in total. The molecule has 0 bridgehead atoms. The normalized spacial score (nSPS) is 13.0. The highest BCUT2D eigenvalue weighted by Gasteiger charge is 2.41. The summed E-state index contributed by atoms with van der Waals surface area (Å²) in [5.41, 5.74) is -1.58. The molecule has 0 saturated heterocycles. The number of aromatic nitrogens is 2. The van der Waals surface area contributed by atoms with E-state index in [1.54, 1.807) is 18.2 Å². The lowest BCUT2D eigenvalue weighted by atomic mass is 10.2. The third-order valence-corrected chi connectivity index (χ3v) is 2.55. The smallest absolute Gasteiger partial charge is 0.332 e. The average Bonchev–Trinajstić information content (AvgIpc) is 2.94. The third kappa shape index (κ3) is 4.33. The number of alkyl halides is 6. The summed E-state index contributed by atoms with van der Waals surface area (Å²) in [7, 11) is 0. The fraction of sp³-hybridized carbons (Fsp3) is 0.154. The predicted molar refractivity (Wildman–Crippen MR) is 68.6 cm³/mol. The van der Waals surface area contributed by atoms with E-state index >= 15 is 0 Å². The molecule has 1 heterocycles. The van der Waals surface area contributed by atoms with E-state index in [4.69, 9.17) is 4.52 Å². The number of carbonyl (C=O) groups excluding carboxylic acids is 1. The van der Waals surface area contributed by atoms with Gasteiger partial charge in [0.05, 0.1) is 0 Å². The summed E-state index contributed by atoms with van der Waals surface area (Å²) in [5, 5.41) is 4.70. The van der Waals surface area contributed by atoms with E-state index in [-0.39, 0.29) is 5.89 Å². The quantitative estimate of drug-likeness (QED) is 0.672. The van der Waals surface area contributed by atoms with Gasteiger partial charge in [-0.3, -0.25) is 4.79 Å². The fourth-order valence-corrected chi connectivity index (χ4v) is 1.49. The summed E-state index contributed by atoms with van der Waals surface area (Å²) >= 11 is 0. The zero-order valence-corrected chi connectivity index (χ0v) is 11.4. The van der Waals surface area contributed by atoms with Crippen molar-refractivity contribution in [2.24, 2.45) is 0 Å². The van der Waals surface area contributed by atoms with E-state index in [9.17, 15) is 31.1 Å². The molecule has 11 heteroatoms. The van der Waals surface area contributed by atoms with E-state index in [1.807, 2.05) is 0 Å². The van der Waals surface area contributed by atoms with E-state index < -0.39 is 35.9 Å². The molecule has 0 radical (unpaired) electrons. The minimum atomic E-state index is -5.44. The number of ketones is 1. The van der Waals surface area contributed by atoms with Crippen LogP contribution in [0, 0.1) is 0 Å². The number of benzene rings is 1. The Kier molecular flexibility index (Phi) is 4.62. The summed E-state index contributed by atoms with van der Waals surface area (Å²) in [6, 6.07) is 7.95. The zero-order chi connectivity index (χ0) is 18.0. The van der Waals surface area contributed by atoms with Gasteiger partial charge in [-0.25, -0.2) is 0 Å². The summed E-state index contributed by atoms with van der Waals surface area (Å²) < 4.78 is 79.3. The Labute approximate surface area is 130 Å². The maximum Gasteiger partial charge on any atom is 0.454 e. The van der Waals surface area contributed by atoms with Gasteiger partial charge in [0.15, 0.2) is 0 Å². The fourth-order valence-electron chi connectivity index (χ4n) is 1.49. The van der Waals surface area contributed by atoms with Crippen LogP contribution in [0.5, 0.6) is 0 Å². The molecule has 24 heavy (non-hydrogen) atoms. The Morgan fingerprint density at radius 3 is 2.21 bits per heavy atom. The van der Waals surface area contributed by atoms with Crippen LogP contribution < -0.4 is 5.32 Å². The lowest BCUT2D eigenvalue weighted by Crippen LogP contribution is -2.26. The molecule has 0 aliphatic rings. The maximum atomic E-state index is 12.7. The van der Waals surface area contributed by atoms with Gasteiger partial charge < -0.3 is 9.84 Å². The van der Waals surface area contributed by atoms with Crippen LogP contribution in [0.1, 0.15) is 0 Å². The van der Waals surface area contributed by atoms with Crippen LogP contribution in [0.2, 0.25) is 0 Å². The first-order valence-electron chi connectivity index (χ1n) is 6.13. The van der Waals surface area contributed by atoms with Crippen molar-refractivity contribution in [3.8, 4) is 11.5 Å². The molecule has 2 aromatic rings. The molecule has 2 rings (SSSR count). The van der Waals surface area contributed by atoms with Crippen molar-refractivity contribution < 1.29 is 35.7 Å². The van der Waals surface area contributed by atoms with Gasteiger partial charge in [0.1, 0.15) is 5.70 Å². The van der Waals surface area contributed by atoms with E-state index in [2.05, 4.69) is 10.1 Å². The number of hydrogen-bond acceptors (Lipinski definition) is 5. The molecular weight excluding hydrogens is 344 g/mol. The third-order valence-electron chi connectivity index (χ3n) is 2.55. The molecule has 0 spiro atoms. The van der Waals surface area contributed by atoms with Crippen LogP contribution in [0.25, 0.3) is 11.5 Å². The highest BCUT2D eigenvalue weighted by atomic mass is 19.4. The average molecular weight is 351 g/mol. The zero-order valence-electron chi connectivity index (χ0n) is 11.4. The van der Waals surface area contributed by atoms with Crippen molar-refractivity contribution in [2.75, 3.05) is 5.32 Å². The molecule has 0 aliphatic carbocycles. The van der Waals surface area contributed by atoms with Crippen LogP contribution in [0.4, 0.5) is 32.3 Å². The Balaban J connectivity index is 2.27. The molecule has 0 fully saturated rings. The van der Waals surface area contributed by atoms with Gasteiger partial charge in [-0.05, 0) is 17.3 Å². The molecule has 1 aromatic heterocycles. The Bertz CT molecular complexity index is 749. The van der Waals surface area contributed by atoms with Crippen molar-refractivity contribution in [1.29, 1.82) is 0 Å². The first-order valence-corrected chi connectivity index (χ1v) is 6.13. The summed E-state index contributed by atoms with van der Waals surface area (Å²) in [6.07, 6.45) is -11.3. The highest BCUT2D eigenvalue weighted by molar-refractivity contribution is 5.95. The summed E-state index contributed by atoms with van der Waals surface area (Å²) in [4.78, 5) is 14.3. The van der Waals surface area contributed by atoms with Crippen molar-refractivity contribution in [3.05, 3.63) is 42.1 Å². The topological polar surface area (TPSA) is 68.0 Å². The Morgan fingerprint density at radius 1 is 1.04 bits per heavy atom. The molecule has 0 amide bonds. The van der Waals surface area contributed by atoms with Crippen molar-refractivity contribution in [2.45, 2.75) is 12.4 Å². The van der Waals surface area contributed by atoms with Gasteiger partial charge >= 0.3 is 12.4 Å². The molecule has 1 aromatic carbocycles. The van der Waals surface area contributed by atoms with Crippen molar-refractivity contribution in [1.82, 2.24) is 10.1 Å². The second-order valence-corrected chi connectivity index (χ2v) is 4.33. The number of carbonyl (C=O) groups is 1. The molecule has 0 unspecified atom stereocenters. The maximum absolute atomic E-state index is 12.7. The first kappa shape index (κ1) is 17.5. The van der Waals surface area contributed by atoms with Gasteiger partial charge in [0.25, 0.3) is 17.6 Å². The van der Waals surface area contributed by atoms with E-state index in [1.165, 1.54) is 17.4 Å². The summed E-state index contributed by atoms with van der Waals surface area (Å²) in [6.45, 7) is 0. The highest BCUT2D eigenvalue weighted by Crippen LogP contribution is 2.29. The van der Waals surface area contributed by atoms with Gasteiger partial charge in [0, 0.05) is 11.6 Å². The van der Waals surface area contributed by atoms with Gasteiger partial charge in [-0.2, -0.15) is 31.3 Å². The van der Waals surface area contributed by atoms with Crippen LogP contribution in [-0.4, -0.2) is 28.3 Å². The molecule has 128 valence electrons. The molecule has 5 nitrogen and oxygen atoms in total. The first-order chi connectivity index (χ1) is 11.1. The Hall–Kier alpha value is -2.85. The van der Waals surface area contributed by atoms with Crippen molar-refractivity contribution >= 4 is 11.7 Å².